The number of rotatable bonds is 3. The van der Waals surface area contributed by atoms with Crippen molar-refractivity contribution in [3.63, 3.8) is 0 Å². The van der Waals surface area contributed by atoms with E-state index in [1.54, 1.807) is 12.1 Å². The average Bonchev–Trinajstić information content (AvgIpc) is 2.60. The molecule has 27 heavy (non-hydrogen) atoms. The number of carboxylic acid groups (broad SMARTS) is 1. The van der Waals surface area contributed by atoms with Crippen LogP contribution in [0.5, 0.6) is 5.75 Å². The summed E-state index contributed by atoms with van der Waals surface area (Å²) < 4.78 is 44.7. The molecular weight excluding hydrogens is 387 g/mol. The summed E-state index contributed by atoms with van der Waals surface area (Å²) in [5.41, 5.74) is -1.82. The Morgan fingerprint density at radius 1 is 1.19 bits per heavy atom. The van der Waals surface area contributed by atoms with Crippen LogP contribution in [-0.4, -0.2) is 23.6 Å². The topological polar surface area (TPSA) is 75.6 Å². The van der Waals surface area contributed by atoms with Gasteiger partial charge in [-0.25, -0.2) is 4.79 Å². The van der Waals surface area contributed by atoms with E-state index >= 15 is 0 Å². The van der Waals surface area contributed by atoms with Gasteiger partial charge in [0.05, 0.1) is 34.4 Å². The van der Waals surface area contributed by atoms with E-state index in [1.807, 2.05) is 0 Å². The molecule has 1 aliphatic rings. The van der Waals surface area contributed by atoms with E-state index in [1.165, 1.54) is 12.1 Å². The van der Waals surface area contributed by atoms with Gasteiger partial charge in [0.25, 0.3) is 5.91 Å². The molecule has 9 heteroatoms. The monoisotopic (exact) mass is 399 g/mol. The number of alkyl halides is 3. The minimum Gasteiger partial charge on any atom is -0.493 e. The highest BCUT2D eigenvalue weighted by Gasteiger charge is 2.38. The highest BCUT2D eigenvalue weighted by atomic mass is 35.5. The Hall–Kier alpha value is -2.74. The van der Waals surface area contributed by atoms with Crippen molar-refractivity contribution in [3.05, 3.63) is 63.7 Å². The van der Waals surface area contributed by atoms with Crippen molar-refractivity contribution in [2.45, 2.75) is 18.6 Å². The molecule has 2 aromatic rings. The fraction of sp³-hybridized carbons (Fsp3) is 0.222. The fourth-order valence-corrected chi connectivity index (χ4v) is 3.10. The van der Waals surface area contributed by atoms with Gasteiger partial charge in [0.2, 0.25) is 0 Å². The summed E-state index contributed by atoms with van der Waals surface area (Å²) in [5, 5.41) is 12.1. The van der Waals surface area contributed by atoms with E-state index in [0.29, 0.717) is 6.07 Å². The third kappa shape index (κ3) is 3.85. The number of amides is 1. The van der Waals surface area contributed by atoms with Crippen molar-refractivity contribution in [3.8, 4) is 5.75 Å². The smallest absolute Gasteiger partial charge is 0.417 e. The van der Waals surface area contributed by atoms with E-state index in [0.717, 1.165) is 6.07 Å². The first-order valence-electron chi connectivity index (χ1n) is 7.85. The molecular formula is C18H13ClF3NO4. The zero-order chi connectivity index (χ0) is 19.8. The van der Waals surface area contributed by atoms with Gasteiger partial charge in [-0.05, 0) is 24.3 Å². The van der Waals surface area contributed by atoms with Crippen molar-refractivity contribution < 1.29 is 32.6 Å². The maximum Gasteiger partial charge on any atom is 0.417 e. The Labute approximate surface area is 156 Å². The molecule has 142 valence electrons. The molecule has 0 aromatic heterocycles. The maximum absolute atomic E-state index is 13.1. The second-order valence-electron chi connectivity index (χ2n) is 5.88. The van der Waals surface area contributed by atoms with Gasteiger partial charge in [-0.15, -0.1) is 0 Å². The lowest BCUT2D eigenvalue weighted by Gasteiger charge is -2.28. The molecule has 1 unspecified atom stereocenters. The largest absolute Gasteiger partial charge is 0.493 e. The summed E-state index contributed by atoms with van der Waals surface area (Å²) in [5.74, 6) is -2.34. The quantitative estimate of drug-likeness (QED) is 0.806. The normalized spacial score (nSPS) is 16.2. The average molecular weight is 400 g/mol. The van der Waals surface area contributed by atoms with Gasteiger partial charge >= 0.3 is 12.1 Å². The Balaban J connectivity index is 1.99. The van der Waals surface area contributed by atoms with Gasteiger partial charge in [0, 0.05) is 12.0 Å². The summed E-state index contributed by atoms with van der Waals surface area (Å²) in [6.07, 6.45) is -4.58. The number of benzene rings is 2. The van der Waals surface area contributed by atoms with E-state index in [-0.39, 0.29) is 34.9 Å². The van der Waals surface area contributed by atoms with Crippen LogP contribution in [0, 0.1) is 0 Å². The summed E-state index contributed by atoms with van der Waals surface area (Å²) in [6.45, 7) is 0.0736. The first kappa shape index (κ1) is 19.0. The van der Waals surface area contributed by atoms with Gasteiger partial charge in [0.1, 0.15) is 5.75 Å². The van der Waals surface area contributed by atoms with Crippen LogP contribution >= 0.6 is 11.6 Å². The molecule has 1 atom stereocenters. The Morgan fingerprint density at radius 3 is 2.52 bits per heavy atom. The lowest BCUT2D eigenvalue weighted by atomic mass is 9.94. The minimum absolute atomic E-state index is 0.0736. The molecule has 0 fully saturated rings. The number of hydrogen-bond donors (Lipinski definition) is 2. The van der Waals surface area contributed by atoms with Crippen LogP contribution in [0.3, 0.4) is 0 Å². The number of ether oxygens (including phenoxy) is 1. The fourth-order valence-electron chi connectivity index (χ4n) is 2.88. The van der Waals surface area contributed by atoms with Gasteiger partial charge in [0.15, 0.2) is 0 Å². The van der Waals surface area contributed by atoms with Gasteiger partial charge in [-0.1, -0.05) is 23.7 Å². The number of halogens is 4. The molecule has 0 saturated carbocycles. The summed E-state index contributed by atoms with van der Waals surface area (Å²) in [7, 11) is 0. The number of hydrogen-bond acceptors (Lipinski definition) is 3. The van der Waals surface area contributed by atoms with Crippen LogP contribution < -0.4 is 10.1 Å². The second-order valence-corrected chi connectivity index (χ2v) is 6.29. The van der Waals surface area contributed by atoms with Crippen LogP contribution in [0.1, 0.15) is 44.3 Å². The Bertz CT molecular complexity index is 914. The summed E-state index contributed by atoms with van der Waals surface area (Å²) >= 11 is 5.99. The third-order valence-electron chi connectivity index (χ3n) is 4.15. The van der Waals surface area contributed by atoms with Gasteiger partial charge in [-0.2, -0.15) is 13.2 Å². The molecule has 0 bridgehead atoms. The van der Waals surface area contributed by atoms with Crippen molar-refractivity contribution >= 4 is 23.5 Å². The lowest BCUT2D eigenvalue weighted by Crippen LogP contribution is -2.33. The van der Waals surface area contributed by atoms with Crippen LogP contribution in [0.2, 0.25) is 5.02 Å². The number of fused-ring (bicyclic) bond motifs is 1. The molecule has 0 aliphatic carbocycles. The number of aromatic carboxylic acids is 1. The standard InChI is InChI=1S/C18H13ClF3NO4/c19-13-4-2-1-3-9(13)16(24)23-14-5-6-27-15-8-12(18(20,21)22)10(17(25)26)7-11(14)15/h1-4,7-8,14H,5-6H2,(H,23,24)(H,25,26). The number of carboxylic acids is 1. The van der Waals surface area contributed by atoms with Crippen LogP contribution in [-0.2, 0) is 6.18 Å². The van der Waals surface area contributed by atoms with Crippen LogP contribution in [0.15, 0.2) is 36.4 Å². The van der Waals surface area contributed by atoms with Crippen LogP contribution in [0.25, 0.3) is 0 Å². The van der Waals surface area contributed by atoms with Gasteiger partial charge < -0.3 is 15.2 Å². The molecule has 2 aromatic carbocycles. The Kier molecular flexibility index (Phi) is 5.01. The molecule has 0 spiro atoms. The highest BCUT2D eigenvalue weighted by Crippen LogP contribution is 2.40. The molecule has 1 amide bonds. The predicted octanol–water partition coefficient (Wildman–Crippen LogP) is 4.31. The van der Waals surface area contributed by atoms with Gasteiger partial charge in [-0.3, -0.25) is 4.79 Å². The third-order valence-corrected chi connectivity index (χ3v) is 4.48. The Morgan fingerprint density at radius 2 is 1.89 bits per heavy atom. The maximum atomic E-state index is 13.1. The summed E-state index contributed by atoms with van der Waals surface area (Å²) in [6, 6.07) is 7.17. The number of nitrogens with one attached hydrogen (secondary N) is 1. The van der Waals surface area contributed by atoms with Crippen molar-refractivity contribution in [2.24, 2.45) is 0 Å². The highest BCUT2D eigenvalue weighted by molar-refractivity contribution is 6.33. The molecule has 5 nitrogen and oxygen atoms in total. The summed E-state index contributed by atoms with van der Waals surface area (Å²) in [4.78, 5) is 23.8. The number of carbonyl (C=O) groups excluding carboxylic acids is 1. The van der Waals surface area contributed by atoms with E-state index in [2.05, 4.69) is 5.32 Å². The first-order valence-corrected chi connectivity index (χ1v) is 8.23. The first-order chi connectivity index (χ1) is 12.7. The van der Waals surface area contributed by atoms with Crippen molar-refractivity contribution in [1.82, 2.24) is 5.32 Å². The molecule has 3 rings (SSSR count). The van der Waals surface area contributed by atoms with Crippen LogP contribution in [0.4, 0.5) is 13.2 Å². The molecule has 1 heterocycles. The zero-order valence-corrected chi connectivity index (χ0v) is 14.4. The molecule has 2 N–H and O–H groups in total. The van der Waals surface area contributed by atoms with E-state index < -0.39 is 35.2 Å². The molecule has 0 radical (unpaired) electrons. The number of carbonyl (C=O) groups is 2. The molecule has 0 saturated heterocycles. The zero-order valence-electron chi connectivity index (χ0n) is 13.6. The van der Waals surface area contributed by atoms with E-state index in [4.69, 9.17) is 21.4 Å². The lowest BCUT2D eigenvalue weighted by molar-refractivity contribution is -0.138. The molecule has 1 aliphatic heterocycles. The van der Waals surface area contributed by atoms with E-state index in [9.17, 15) is 22.8 Å². The second kappa shape index (κ2) is 7.11. The SMILES string of the molecule is O=C(NC1CCOc2cc(C(F)(F)F)c(C(=O)O)cc21)c1ccccc1Cl. The van der Waals surface area contributed by atoms with Crippen molar-refractivity contribution in [2.75, 3.05) is 6.61 Å². The minimum atomic E-state index is -4.85. The predicted molar refractivity (Wildman–Crippen MR) is 90.2 cm³/mol. The van der Waals surface area contributed by atoms with Crippen molar-refractivity contribution in [1.29, 1.82) is 0 Å².